The fraction of sp³-hybridized carbons (Fsp3) is 0.214. The van der Waals surface area contributed by atoms with Gasteiger partial charge in [-0.05, 0) is 35.9 Å². The number of nitrogens with one attached hydrogen (secondary N) is 2. The lowest BCUT2D eigenvalue weighted by molar-refractivity contribution is -0.119. The van der Waals surface area contributed by atoms with E-state index in [4.69, 9.17) is 21.1 Å². The summed E-state index contributed by atoms with van der Waals surface area (Å²) < 4.78 is 10.6. The minimum Gasteiger partial charge on any atom is -0.495 e. The predicted octanol–water partition coefficient (Wildman–Crippen LogP) is 5.40. The molecule has 8 heteroatoms. The van der Waals surface area contributed by atoms with Crippen LogP contribution in [0, 0.1) is 0 Å². The molecule has 0 saturated carbocycles. The molecular formula is C28H26ClN3O4. The molecule has 0 aliphatic carbocycles. The number of anilines is 1. The molecule has 1 aliphatic heterocycles. The molecule has 0 radical (unpaired) electrons. The number of rotatable bonds is 7. The third-order valence-corrected chi connectivity index (χ3v) is 6.91. The Morgan fingerprint density at radius 2 is 1.83 bits per heavy atom. The van der Waals surface area contributed by atoms with E-state index in [2.05, 4.69) is 10.3 Å². The number of fused-ring (bicyclic) bond motifs is 2. The van der Waals surface area contributed by atoms with E-state index in [1.165, 1.54) is 7.11 Å². The fourth-order valence-electron chi connectivity index (χ4n) is 4.96. The lowest BCUT2D eigenvalue weighted by Gasteiger charge is -2.41. The van der Waals surface area contributed by atoms with Gasteiger partial charge in [0.1, 0.15) is 5.75 Å². The third kappa shape index (κ3) is 4.21. The molecule has 0 spiro atoms. The van der Waals surface area contributed by atoms with Gasteiger partial charge in [-0.25, -0.2) is 0 Å². The minimum absolute atomic E-state index is 0.130. The number of halogens is 1. The first-order valence-corrected chi connectivity index (χ1v) is 12.0. The van der Waals surface area contributed by atoms with Crippen molar-refractivity contribution in [3.8, 4) is 5.75 Å². The molecule has 36 heavy (non-hydrogen) atoms. The summed E-state index contributed by atoms with van der Waals surface area (Å²) in [6.07, 6.45) is 1.89. The Bertz CT molecular complexity index is 1430. The Morgan fingerprint density at radius 3 is 2.61 bits per heavy atom. The number of aromatic nitrogens is 1. The van der Waals surface area contributed by atoms with Crippen LogP contribution in [0.5, 0.6) is 5.75 Å². The summed E-state index contributed by atoms with van der Waals surface area (Å²) in [5, 5.41) is 4.37. The Balaban J connectivity index is 1.64. The number of ether oxygens (including phenoxy) is 2. The number of carbonyl (C=O) groups is 2. The summed E-state index contributed by atoms with van der Waals surface area (Å²) in [7, 11) is 3.14. The molecule has 1 aromatic heterocycles. The fourth-order valence-corrected chi connectivity index (χ4v) is 5.22. The van der Waals surface area contributed by atoms with Gasteiger partial charge in [0.05, 0.1) is 30.7 Å². The van der Waals surface area contributed by atoms with Crippen LogP contribution in [0.3, 0.4) is 0 Å². The normalized spacial score (nSPS) is 17.2. The first-order chi connectivity index (χ1) is 17.5. The largest absolute Gasteiger partial charge is 0.495 e. The Morgan fingerprint density at radius 1 is 1.06 bits per heavy atom. The van der Waals surface area contributed by atoms with E-state index < -0.39 is 12.0 Å². The second-order valence-corrected chi connectivity index (χ2v) is 9.04. The number of methoxy groups -OCH3 is 2. The highest BCUT2D eigenvalue weighted by molar-refractivity contribution is 6.32. The zero-order valence-electron chi connectivity index (χ0n) is 20.0. The highest BCUT2D eigenvalue weighted by Gasteiger charge is 2.44. The maximum Gasteiger partial charge on any atom is 0.254 e. The number of para-hydroxylation sites is 1. The van der Waals surface area contributed by atoms with E-state index in [-0.39, 0.29) is 11.8 Å². The van der Waals surface area contributed by atoms with Crippen LogP contribution >= 0.6 is 11.6 Å². The topological polar surface area (TPSA) is 83.7 Å². The van der Waals surface area contributed by atoms with Gasteiger partial charge in [-0.1, -0.05) is 48.0 Å². The van der Waals surface area contributed by atoms with Crippen LogP contribution < -0.4 is 10.1 Å². The monoisotopic (exact) mass is 503 g/mol. The van der Waals surface area contributed by atoms with Gasteiger partial charge < -0.3 is 24.7 Å². The van der Waals surface area contributed by atoms with Crippen LogP contribution in [0.4, 0.5) is 5.69 Å². The zero-order chi connectivity index (χ0) is 25.2. The molecular weight excluding hydrogens is 478 g/mol. The van der Waals surface area contributed by atoms with Crippen molar-refractivity contribution in [1.29, 1.82) is 0 Å². The number of hydrogen-bond donors (Lipinski definition) is 2. The quantitative estimate of drug-likeness (QED) is 0.354. The highest BCUT2D eigenvalue weighted by atomic mass is 35.5. The Labute approximate surface area is 214 Å². The first-order valence-electron chi connectivity index (χ1n) is 11.6. The van der Waals surface area contributed by atoms with Crippen LogP contribution in [0.2, 0.25) is 5.02 Å². The van der Waals surface area contributed by atoms with Gasteiger partial charge in [-0.3, -0.25) is 9.59 Å². The van der Waals surface area contributed by atoms with E-state index in [9.17, 15) is 9.59 Å². The average molecular weight is 504 g/mol. The van der Waals surface area contributed by atoms with E-state index in [0.29, 0.717) is 40.7 Å². The molecule has 4 aromatic rings. The second-order valence-electron chi connectivity index (χ2n) is 8.63. The number of amides is 2. The van der Waals surface area contributed by atoms with Gasteiger partial charge in [-0.2, -0.15) is 0 Å². The van der Waals surface area contributed by atoms with Crippen molar-refractivity contribution in [2.75, 3.05) is 32.7 Å². The van der Waals surface area contributed by atoms with Crippen LogP contribution in [0.15, 0.2) is 72.9 Å². The van der Waals surface area contributed by atoms with E-state index in [0.717, 1.165) is 16.5 Å². The third-order valence-electron chi connectivity index (χ3n) is 6.62. The van der Waals surface area contributed by atoms with Crippen LogP contribution in [0.25, 0.3) is 10.9 Å². The minimum atomic E-state index is -0.671. The number of aromatic amines is 1. The molecule has 0 unspecified atom stereocenters. The number of nitrogens with zero attached hydrogens (tertiary/aromatic N) is 1. The van der Waals surface area contributed by atoms with Crippen molar-refractivity contribution < 1.29 is 19.1 Å². The summed E-state index contributed by atoms with van der Waals surface area (Å²) in [5.41, 5.74) is 3.55. The molecule has 1 aliphatic rings. The molecule has 7 nitrogen and oxygen atoms in total. The van der Waals surface area contributed by atoms with Gasteiger partial charge in [0, 0.05) is 47.6 Å². The number of benzene rings is 3. The first kappa shape index (κ1) is 23.9. The van der Waals surface area contributed by atoms with Crippen molar-refractivity contribution in [2.24, 2.45) is 0 Å². The van der Waals surface area contributed by atoms with Crippen molar-refractivity contribution in [2.45, 2.75) is 12.0 Å². The summed E-state index contributed by atoms with van der Waals surface area (Å²) in [6.45, 7) is 0.682. The maximum absolute atomic E-state index is 14.0. The zero-order valence-corrected chi connectivity index (χ0v) is 20.7. The SMILES string of the molecule is COCCN1C(=O)c2ccccc2[C@@H](C(=O)Nc2ccc(OC)c(Cl)c2)[C@@H]1c1c[nH]c2ccccc12. The van der Waals surface area contributed by atoms with Gasteiger partial charge in [-0.15, -0.1) is 0 Å². The maximum atomic E-state index is 14.0. The molecule has 0 bridgehead atoms. The van der Waals surface area contributed by atoms with Crippen LogP contribution in [-0.2, 0) is 9.53 Å². The van der Waals surface area contributed by atoms with Gasteiger partial charge in [0.25, 0.3) is 5.91 Å². The number of hydrogen-bond acceptors (Lipinski definition) is 4. The molecule has 2 amide bonds. The summed E-state index contributed by atoms with van der Waals surface area (Å²) in [5.74, 6) is -0.523. The summed E-state index contributed by atoms with van der Waals surface area (Å²) in [6, 6.07) is 19.7. The van der Waals surface area contributed by atoms with Crippen molar-refractivity contribution in [1.82, 2.24) is 9.88 Å². The van der Waals surface area contributed by atoms with Gasteiger partial charge in [0.2, 0.25) is 5.91 Å². The molecule has 2 heterocycles. The Kier molecular flexibility index (Phi) is 6.67. The van der Waals surface area contributed by atoms with E-state index in [1.807, 2.05) is 48.7 Å². The molecule has 5 rings (SSSR count). The van der Waals surface area contributed by atoms with E-state index in [1.54, 1.807) is 36.3 Å². The lowest BCUT2D eigenvalue weighted by Crippen LogP contribution is -2.47. The van der Waals surface area contributed by atoms with Gasteiger partial charge >= 0.3 is 0 Å². The molecule has 2 atom stereocenters. The highest BCUT2D eigenvalue weighted by Crippen LogP contribution is 2.45. The molecule has 0 saturated heterocycles. The van der Waals surface area contributed by atoms with Gasteiger partial charge in [0.15, 0.2) is 0 Å². The number of carbonyl (C=O) groups excluding carboxylic acids is 2. The molecule has 184 valence electrons. The van der Waals surface area contributed by atoms with Crippen LogP contribution in [-0.4, -0.2) is 49.1 Å². The Hall–Kier alpha value is -3.81. The average Bonchev–Trinajstić information content (AvgIpc) is 3.32. The number of H-pyrrole nitrogens is 1. The smallest absolute Gasteiger partial charge is 0.254 e. The summed E-state index contributed by atoms with van der Waals surface area (Å²) in [4.78, 5) is 32.7. The van der Waals surface area contributed by atoms with Crippen LogP contribution in [0.1, 0.15) is 33.4 Å². The van der Waals surface area contributed by atoms with Crippen molar-refractivity contribution in [3.05, 3.63) is 94.6 Å². The van der Waals surface area contributed by atoms with Crippen molar-refractivity contribution in [3.63, 3.8) is 0 Å². The standard InChI is InChI=1S/C28H26ClN3O4/c1-35-14-13-32-26(21-16-30-23-10-6-5-7-18(21)23)25(19-8-3-4-9-20(19)28(32)34)27(33)31-17-11-12-24(36-2)22(29)15-17/h3-12,15-16,25-26,30H,13-14H2,1-2H3,(H,31,33)/t25-,26+/m1/s1. The predicted molar refractivity (Wildman–Crippen MR) is 140 cm³/mol. The molecule has 0 fully saturated rings. The lowest BCUT2D eigenvalue weighted by atomic mass is 9.79. The molecule has 3 aromatic carbocycles. The van der Waals surface area contributed by atoms with Crippen molar-refractivity contribution >= 4 is 40.0 Å². The summed E-state index contributed by atoms with van der Waals surface area (Å²) >= 11 is 6.31. The van der Waals surface area contributed by atoms with E-state index >= 15 is 0 Å². The second kappa shape index (κ2) is 10.0. The molecule has 2 N–H and O–H groups in total.